The van der Waals surface area contributed by atoms with Gasteiger partial charge in [-0.3, -0.25) is 9.81 Å². The highest BCUT2D eigenvalue weighted by molar-refractivity contribution is 5.78. The third-order valence-electron chi connectivity index (χ3n) is 3.36. The molecule has 0 aliphatic rings. The molecule has 21 heavy (non-hydrogen) atoms. The summed E-state index contributed by atoms with van der Waals surface area (Å²) >= 11 is 0. The minimum absolute atomic E-state index is 0.189. The monoisotopic (exact) mass is 279 g/mol. The number of benzene rings is 1. The smallest absolute Gasteiger partial charge is 0.138 e. The summed E-state index contributed by atoms with van der Waals surface area (Å²) in [6.45, 7) is 0.649. The number of anilines is 2. The van der Waals surface area contributed by atoms with Gasteiger partial charge >= 0.3 is 0 Å². The molecule has 3 aromatic rings. The van der Waals surface area contributed by atoms with Crippen LogP contribution in [0.2, 0.25) is 0 Å². The lowest BCUT2D eigenvalue weighted by atomic mass is 10.2. The predicted molar refractivity (Wildman–Crippen MR) is 85.2 cm³/mol. The molecule has 5 heteroatoms. The minimum Gasteiger partial charge on any atom is -0.388 e. The van der Waals surface area contributed by atoms with Crippen molar-refractivity contribution >= 4 is 23.0 Å². The van der Waals surface area contributed by atoms with Gasteiger partial charge in [0.2, 0.25) is 0 Å². The van der Waals surface area contributed by atoms with Gasteiger partial charge in [0.25, 0.3) is 0 Å². The number of amidine groups is 1. The second-order valence-corrected chi connectivity index (χ2v) is 4.80. The number of nitrogens with one attached hydrogen (secondary N) is 1. The van der Waals surface area contributed by atoms with Gasteiger partial charge in [-0.05, 0) is 24.3 Å². The molecule has 1 aromatic carbocycles. The van der Waals surface area contributed by atoms with Gasteiger partial charge in [0.15, 0.2) is 0 Å². The van der Waals surface area contributed by atoms with Gasteiger partial charge in [-0.2, -0.15) is 0 Å². The molecular weight excluding hydrogens is 262 g/mol. The Labute approximate surface area is 123 Å². The largest absolute Gasteiger partial charge is 0.388 e. The summed E-state index contributed by atoms with van der Waals surface area (Å²) in [6.07, 6.45) is 4.24. The molecule has 0 saturated heterocycles. The summed E-state index contributed by atoms with van der Waals surface area (Å²) in [6, 6.07) is 16.1. The second kappa shape index (κ2) is 5.66. The number of rotatable bonds is 5. The quantitative estimate of drug-likeness (QED) is 0.557. The molecule has 0 aliphatic heterocycles. The van der Waals surface area contributed by atoms with E-state index in [-0.39, 0.29) is 5.84 Å². The molecule has 0 fully saturated rings. The van der Waals surface area contributed by atoms with E-state index in [4.69, 9.17) is 11.1 Å². The Morgan fingerprint density at radius 3 is 2.71 bits per heavy atom. The van der Waals surface area contributed by atoms with Crippen LogP contribution < -0.4 is 10.6 Å². The fourth-order valence-electron chi connectivity index (χ4n) is 2.37. The molecule has 3 rings (SSSR count). The first-order valence-corrected chi connectivity index (χ1v) is 6.83. The highest BCUT2D eigenvalue weighted by Gasteiger charge is 2.12. The number of nitrogens with two attached hydrogens (primary N) is 1. The zero-order chi connectivity index (χ0) is 14.7. The molecule has 2 heterocycles. The zero-order valence-corrected chi connectivity index (χ0v) is 11.6. The Kier molecular flexibility index (Phi) is 3.55. The van der Waals surface area contributed by atoms with Crippen LogP contribution in [0.15, 0.2) is 60.9 Å². The van der Waals surface area contributed by atoms with Crippen molar-refractivity contribution in [1.82, 2.24) is 9.38 Å². The molecule has 0 aliphatic carbocycles. The lowest BCUT2D eigenvalue weighted by Gasteiger charge is -2.25. The average molecular weight is 279 g/mol. The SMILES string of the molecule is N=C(N)CCN(c1ccccc1)c1cccc2nccn12. The normalized spacial score (nSPS) is 10.7. The topological polar surface area (TPSA) is 70.4 Å². The van der Waals surface area contributed by atoms with E-state index in [0.29, 0.717) is 13.0 Å². The predicted octanol–water partition coefficient (Wildman–Crippen LogP) is 2.80. The highest BCUT2D eigenvalue weighted by atomic mass is 15.2. The van der Waals surface area contributed by atoms with E-state index in [1.54, 1.807) is 6.20 Å². The molecule has 3 N–H and O–H groups in total. The Bertz CT molecular complexity index is 747. The van der Waals surface area contributed by atoms with Gasteiger partial charge < -0.3 is 10.6 Å². The van der Waals surface area contributed by atoms with Crippen LogP contribution in [0, 0.1) is 5.41 Å². The molecule has 0 radical (unpaired) electrons. The molecule has 106 valence electrons. The average Bonchev–Trinajstić information content (AvgIpc) is 2.97. The van der Waals surface area contributed by atoms with E-state index in [1.165, 1.54) is 0 Å². The summed E-state index contributed by atoms with van der Waals surface area (Å²) in [5.41, 5.74) is 7.50. The van der Waals surface area contributed by atoms with Crippen LogP contribution in [0.3, 0.4) is 0 Å². The van der Waals surface area contributed by atoms with Crippen molar-refractivity contribution in [3.63, 3.8) is 0 Å². The Hall–Kier alpha value is -2.82. The number of hydrogen-bond donors (Lipinski definition) is 2. The van der Waals surface area contributed by atoms with Crippen LogP contribution in [-0.2, 0) is 0 Å². The molecule has 0 unspecified atom stereocenters. The van der Waals surface area contributed by atoms with Gasteiger partial charge in [-0.15, -0.1) is 0 Å². The third kappa shape index (κ3) is 2.72. The number of imidazole rings is 1. The van der Waals surface area contributed by atoms with E-state index in [9.17, 15) is 0 Å². The maximum atomic E-state index is 7.48. The van der Waals surface area contributed by atoms with Gasteiger partial charge in [0.05, 0.1) is 5.84 Å². The number of fused-ring (bicyclic) bond motifs is 1. The van der Waals surface area contributed by atoms with Crippen molar-refractivity contribution in [2.24, 2.45) is 5.73 Å². The van der Waals surface area contributed by atoms with Gasteiger partial charge in [0, 0.05) is 31.0 Å². The highest BCUT2D eigenvalue weighted by Crippen LogP contribution is 2.25. The van der Waals surface area contributed by atoms with Crippen molar-refractivity contribution in [1.29, 1.82) is 5.41 Å². The number of para-hydroxylation sites is 1. The van der Waals surface area contributed by atoms with Crippen molar-refractivity contribution in [3.05, 3.63) is 60.9 Å². The number of hydrogen-bond acceptors (Lipinski definition) is 3. The van der Waals surface area contributed by atoms with Gasteiger partial charge in [0.1, 0.15) is 11.5 Å². The molecule has 0 spiro atoms. The molecule has 2 aromatic heterocycles. The second-order valence-electron chi connectivity index (χ2n) is 4.80. The van der Waals surface area contributed by atoms with Crippen LogP contribution in [0.25, 0.3) is 5.65 Å². The summed E-state index contributed by atoms with van der Waals surface area (Å²) in [4.78, 5) is 6.47. The van der Waals surface area contributed by atoms with Gasteiger partial charge in [-0.25, -0.2) is 4.98 Å². The number of nitrogens with zero attached hydrogens (tertiary/aromatic N) is 3. The maximum Gasteiger partial charge on any atom is 0.138 e. The number of aromatic nitrogens is 2. The van der Waals surface area contributed by atoms with Crippen LogP contribution in [0.5, 0.6) is 0 Å². The van der Waals surface area contributed by atoms with Crippen molar-refractivity contribution in [2.75, 3.05) is 11.4 Å². The summed E-state index contributed by atoms with van der Waals surface area (Å²) in [5, 5.41) is 7.48. The molecule has 5 nitrogen and oxygen atoms in total. The summed E-state index contributed by atoms with van der Waals surface area (Å²) in [7, 11) is 0. The Morgan fingerprint density at radius 2 is 1.95 bits per heavy atom. The van der Waals surface area contributed by atoms with E-state index in [1.807, 2.05) is 47.0 Å². The minimum atomic E-state index is 0.189. The van der Waals surface area contributed by atoms with Crippen molar-refractivity contribution in [3.8, 4) is 0 Å². The fraction of sp³-hybridized carbons (Fsp3) is 0.125. The first-order chi connectivity index (χ1) is 10.3. The first kappa shape index (κ1) is 13.2. The van der Waals surface area contributed by atoms with E-state index in [0.717, 1.165) is 17.2 Å². The fourth-order valence-corrected chi connectivity index (χ4v) is 2.37. The van der Waals surface area contributed by atoms with Gasteiger partial charge in [-0.1, -0.05) is 24.3 Å². The first-order valence-electron chi connectivity index (χ1n) is 6.83. The zero-order valence-electron chi connectivity index (χ0n) is 11.6. The summed E-state index contributed by atoms with van der Waals surface area (Å²) < 4.78 is 2.03. The van der Waals surface area contributed by atoms with E-state index < -0.39 is 0 Å². The van der Waals surface area contributed by atoms with E-state index >= 15 is 0 Å². The summed E-state index contributed by atoms with van der Waals surface area (Å²) in [5.74, 6) is 1.20. The van der Waals surface area contributed by atoms with Crippen LogP contribution in [0.4, 0.5) is 11.5 Å². The lowest BCUT2D eigenvalue weighted by Crippen LogP contribution is -2.25. The molecule has 0 bridgehead atoms. The van der Waals surface area contributed by atoms with E-state index in [2.05, 4.69) is 22.0 Å². The Morgan fingerprint density at radius 1 is 1.14 bits per heavy atom. The Balaban J connectivity index is 2.06. The van der Waals surface area contributed by atoms with Crippen molar-refractivity contribution in [2.45, 2.75) is 6.42 Å². The van der Waals surface area contributed by atoms with Crippen LogP contribution >= 0.6 is 0 Å². The van der Waals surface area contributed by atoms with Crippen LogP contribution in [-0.4, -0.2) is 21.8 Å². The standard InChI is InChI=1S/C16H17N5/c17-14(18)9-11-20(13-5-2-1-3-6-13)16-8-4-7-15-19-10-12-21(15)16/h1-8,10,12H,9,11H2,(H3,17,18). The van der Waals surface area contributed by atoms with Crippen LogP contribution in [0.1, 0.15) is 6.42 Å². The molecular formula is C16H17N5. The maximum absolute atomic E-state index is 7.48. The number of pyridine rings is 1. The lowest BCUT2D eigenvalue weighted by molar-refractivity contribution is 0.918. The molecule has 0 atom stereocenters. The van der Waals surface area contributed by atoms with Crippen molar-refractivity contribution < 1.29 is 0 Å². The molecule has 0 amide bonds. The molecule has 0 saturated carbocycles. The third-order valence-corrected chi connectivity index (χ3v) is 3.36.